The lowest BCUT2D eigenvalue weighted by Crippen LogP contribution is -2.58. The van der Waals surface area contributed by atoms with Gasteiger partial charge in [0.05, 0.1) is 40.6 Å². The molecule has 4 fully saturated rings. The van der Waals surface area contributed by atoms with Gasteiger partial charge < -0.3 is 29.1 Å². The summed E-state index contributed by atoms with van der Waals surface area (Å²) in [5, 5.41) is 20.3. The van der Waals surface area contributed by atoms with Crippen molar-refractivity contribution in [2.24, 2.45) is 10.8 Å². The highest BCUT2D eigenvalue weighted by molar-refractivity contribution is 6.09. The first-order valence-electron chi connectivity index (χ1n) is 26.2. The zero-order valence-electron chi connectivity index (χ0n) is 44.3. The molecule has 4 atom stereocenters. The fourth-order valence-electron chi connectivity index (χ4n) is 11.2. The highest BCUT2D eigenvalue weighted by atomic mass is 16.6. The standard InChI is InChI=1S/C35H29N3O7.C29H28N2O4/c1-35(2)21-29-28(20-25-19-24(17-18-36-25)33(40)44-27-15-13-26(14-16-27)38(42)43)32(39)37(29)31(35)34(41)45-30(22-9-5-3-6-10-22)23-11-7-4-8-12-23;1-29(2)17-24-23(16-22-15-19(18-32)13-14-30-22)27(33)31(24)26(29)28(34)35-25(20-9-5-3-6-10-20)21-11-7-4-8-12-21/h3-20,29-31H,21H2,1-2H3;3-16,24-26,32H,17-18H2,1-2H3/b28-20+;23-16+/t29?,31-;24?,26-/m00/s1. The van der Waals surface area contributed by atoms with Crippen molar-refractivity contribution in [1.82, 2.24) is 19.8 Å². The number of carbonyl (C=O) groups is 5. The van der Waals surface area contributed by atoms with Crippen molar-refractivity contribution in [2.75, 3.05) is 0 Å². The Morgan fingerprint density at radius 2 is 1.01 bits per heavy atom. The van der Waals surface area contributed by atoms with Crippen LogP contribution < -0.4 is 4.74 Å². The van der Waals surface area contributed by atoms with E-state index in [1.165, 1.54) is 42.6 Å². The molecule has 1 N–H and O–H groups in total. The topological polar surface area (TPSA) is 209 Å². The molecule has 0 saturated carbocycles. The maximum absolute atomic E-state index is 13.8. The number of ether oxygens (including phenoxy) is 3. The number of hydrogen-bond acceptors (Lipinski definition) is 13. The molecule has 2 aromatic heterocycles. The van der Waals surface area contributed by atoms with Crippen molar-refractivity contribution in [1.29, 1.82) is 0 Å². The quantitative estimate of drug-likeness (QED) is 0.0269. The third-order valence-electron chi connectivity index (χ3n) is 15.1. The smallest absolute Gasteiger partial charge is 0.343 e. The van der Waals surface area contributed by atoms with Crippen LogP contribution in [0.3, 0.4) is 0 Å². The van der Waals surface area contributed by atoms with Gasteiger partial charge in [-0.25, -0.2) is 14.4 Å². The number of nitro groups is 1. The number of β-lactam (4-membered cyclic amide) rings is 2. The molecule has 2 amide bonds. The van der Waals surface area contributed by atoms with Gasteiger partial charge in [-0.2, -0.15) is 0 Å². The average molecular weight is 1070 g/mol. The second kappa shape index (κ2) is 22.5. The van der Waals surface area contributed by atoms with E-state index in [1.54, 1.807) is 40.3 Å². The minimum absolute atomic E-state index is 0.0901. The number of pyridine rings is 2. The lowest BCUT2D eigenvalue weighted by molar-refractivity contribution is -0.384. The van der Waals surface area contributed by atoms with Crippen LogP contribution >= 0.6 is 0 Å². The number of esters is 3. The van der Waals surface area contributed by atoms with E-state index in [4.69, 9.17) is 14.2 Å². The summed E-state index contributed by atoms with van der Waals surface area (Å²) < 4.78 is 17.6. The first kappa shape index (κ1) is 54.0. The Bertz CT molecular complexity index is 3460. The van der Waals surface area contributed by atoms with Gasteiger partial charge in [0, 0.05) is 35.7 Å². The molecule has 0 bridgehead atoms. The van der Waals surface area contributed by atoms with Gasteiger partial charge in [0.2, 0.25) is 0 Å². The Balaban J connectivity index is 0.000000186. The fraction of sp³-hybridized carbons (Fsp3) is 0.234. The summed E-state index contributed by atoms with van der Waals surface area (Å²) in [6, 6.07) is 48.0. The molecule has 4 aliphatic heterocycles. The molecule has 0 radical (unpaired) electrons. The van der Waals surface area contributed by atoms with Crippen LogP contribution in [0.15, 0.2) is 193 Å². The predicted octanol–water partition coefficient (Wildman–Crippen LogP) is 10.2. The summed E-state index contributed by atoms with van der Waals surface area (Å²) in [4.78, 5) is 89.1. The first-order chi connectivity index (χ1) is 38.5. The number of aromatic nitrogens is 2. The van der Waals surface area contributed by atoms with Crippen LogP contribution in [-0.2, 0) is 35.3 Å². The van der Waals surface area contributed by atoms with Crippen LogP contribution in [0.4, 0.5) is 5.69 Å². The van der Waals surface area contributed by atoms with Gasteiger partial charge >= 0.3 is 17.9 Å². The lowest BCUT2D eigenvalue weighted by atomic mass is 9.83. The number of fused-ring (bicyclic) bond motifs is 2. The van der Waals surface area contributed by atoms with Gasteiger partial charge in [-0.3, -0.25) is 29.7 Å². The predicted molar refractivity (Wildman–Crippen MR) is 296 cm³/mol. The van der Waals surface area contributed by atoms with Gasteiger partial charge in [-0.1, -0.05) is 149 Å². The summed E-state index contributed by atoms with van der Waals surface area (Å²) in [6.45, 7) is 7.83. The maximum Gasteiger partial charge on any atom is 0.343 e. The number of carbonyl (C=O) groups excluding carboxylic acids is 5. The molecule has 11 rings (SSSR count). The van der Waals surface area contributed by atoms with Crippen molar-refractivity contribution >= 4 is 47.6 Å². The molecule has 4 aliphatic rings. The first-order valence-corrected chi connectivity index (χ1v) is 26.2. The number of amides is 2. The van der Waals surface area contributed by atoms with Crippen molar-refractivity contribution < 1.29 is 48.2 Å². The summed E-state index contributed by atoms with van der Waals surface area (Å²) in [6.07, 6.45) is 6.47. The molecule has 5 aromatic carbocycles. The molecule has 6 heterocycles. The zero-order valence-corrected chi connectivity index (χ0v) is 44.3. The van der Waals surface area contributed by atoms with E-state index in [2.05, 4.69) is 9.97 Å². The second-order valence-electron chi connectivity index (χ2n) is 21.5. The number of hydrogen-bond donors (Lipinski definition) is 1. The summed E-state index contributed by atoms with van der Waals surface area (Å²) in [5.74, 6) is -1.85. The summed E-state index contributed by atoms with van der Waals surface area (Å²) in [5.41, 5.74) is 5.35. The fourth-order valence-corrected chi connectivity index (χ4v) is 11.2. The minimum atomic E-state index is -0.780. The van der Waals surface area contributed by atoms with E-state index >= 15 is 0 Å². The Kier molecular flexibility index (Phi) is 15.2. The molecule has 2 unspecified atom stereocenters. The SMILES string of the molecule is CC1(C)CC2/C(=C\c3cc(C(=O)Oc4ccc([N+](=O)[O-])cc4)ccn3)C(=O)N2[C@H]1C(=O)OC(c1ccccc1)c1ccccc1.CC1(C)CC2/C(=C\c3cc(CO)ccn3)C(=O)N2[C@H]1C(=O)OC(c1ccccc1)c1ccccc1. The summed E-state index contributed by atoms with van der Waals surface area (Å²) >= 11 is 0. The normalized spacial score (nSPS) is 20.2. The number of benzene rings is 5. The third-order valence-corrected chi connectivity index (χ3v) is 15.1. The molecule has 4 saturated heterocycles. The van der Waals surface area contributed by atoms with E-state index in [1.807, 2.05) is 149 Å². The van der Waals surface area contributed by atoms with Crippen molar-refractivity contribution in [3.05, 3.63) is 248 Å². The van der Waals surface area contributed by atoms with E-state index in [9.17, 15) is 39.2 Å². The van der Waals surface area contributed by atoms with Crippen LogP contribution in [0, 0.1) is 20.9 Å². The molecule has 16 heteroatoms. The average Bonchev–Trinajstić information content (AvgIpc) is 4.12. The monoisotopic (exact) mass is 1070 g/mol. The minimum Gasteiger partial charge on any atom is -0.451 e. The third kappa shape index (κ3) is 11.0. The molecule has 16 nitrogen and oxygen atoms in total. The van der Waals surface area contributed by atoms with Crippen LogP contribution in [0.25, 0.3) is 12.2 Å². The molecule has 404 valence electrons. The molecule has 80 heavy (non-hydrogen) atoms. The van der Waals surface area contributed by atoms with Crippen LogP contribution in [0.5, 0.6) is 5.75 Å². The molecular weight excluding hydrogens is 1010 g/mol. The number of non-ortho nitro benzene ring substituents is 1. The van der Waals surface area contributed by atoms with Crippen molar-refractivity contribution in [2.45, 2.75) is 83.5 Å². The maximum atomic E-state index is 13.8. The number of aliphatic hydroxyl groups excluding tert-OH is 1. The van der Waals surface area contributed by atoms with Crippen molar-refractivity contribution in [3.8, 4) is 5.75 Å². The van der Waals surface area contributed by atoms with Gasteiger partial charge in [0.25, 0.3) is 17.5 Å². The summed E-state index contributed by atoms with van der Waals surface area (Å²) in [7, 11) is 0. The van der Waals surface area contributed by atoms with Crippen LogP contribution in [0.2, 0.25) is 0 Å². The van der Waals surface area contributed by atoms with E-state index in [0.717, 1.165) is 27.8 Å². The zero-order chi connectivity index (χ0) is 56.3. The van der Waals surface area contributed by atoms with Gasteiger partial charge in [-0.15, -0.1) is 0 Å². The molecule has 7 aromatic rings. The Morgan fingerprint density at radius 3 is 1.41 bits per heavy atom. The second-order valence-corrected chi connectivity index (χ2v) is 21.5. The Morgan fingerprint density at radius 1 is 0.613 bits per heavy atom. The van der Waals surface area contributed by atoms with Gasteiger partial charge in [0.1, 0.15) is 17.8 Å². The van der Waals surface area contributed by atoms with Crippen LogP contribution in [0.1, 0.15) is 102 Å². The Hall–Kier alpha value is -9.41. The van der Waals surface area contributed by atoms with E-state index in [0.29, 0.717) is 35.4 Å². The van der Waals surface area contributed by atoms with Gasteiger partial charge in [-0.05, 0) is 100 Å². The number of nitro benzene ring substituents is 1. The number of nitrogens with zero attached hydrogens (tertiary/aromatic N) is 5. The molecule has 0 spiro atoms. The Labute approximate surface area is 462 Å². The van der Waals surface area contributed by atoms with Crippen molar-refractivity contribution in [3.63, 3.8) is 0 Å². The van der Waals surface area contributed by atoms with E-state index in [-0.39, 0.29) is 47.5 Å². The highest BCUT2D eigenvalue weighted by Gasteiger charge is 2.62. The lowest BCUT2D eigenvalue weighted by Gasteiger charge is -2.41. The van der Waals surface area contributed by atoms with Gasteiger partial charge in [0.15, 0.2) is 12.2 Å². The number of aliphatic hydroxyl groups is 1. The van der Waals surface area contributed by atoms with E-state index < -0.39 is 58.0 Å². The largest absolute Gasteiger partial charge is 0.451 e. The molecule has 0 aliphatic carbocycles. The number of rotatable bonds is 14. The van der Waals surface area contributed by atoms with Crippen LogP contribution in [-0.4, -0.2) is 83.7 Å². The molecular formula is C64H57N5O11. The highest BCUT2D eigenvalue weighted by Crippen LogP contribution is 2.52.